The second kappa shape index (κ2) is 8.81. The van der Waals surface area contributed by atoms with Crippen molar-refractivity contribution in [2.45, 2.75) is 13.2 Å². The maximum Gasteiger partial charge on any atom is 0.274 e. The lowest BCUT2D eigenvalue weighted by Crippen LogP contribution is -2.24. The number of rotatable bonds is 7. The predicted octanol–water partition coefficient (Wildman–Crippen LogP) is 4.08. The fourth-order valence-electron chi connectivity index (χ4n) is 2.51. The molecule has 2 aromatic carbocycles. The van der Waals surface area contributed by atoms with E-state index in [2.05, 4.69) is 16.9 Å². The Hall–Kier alpha value is -3.67. The van der Waals surface area contributed by atoms with Crippen molar-refractivity contribution in [3.05, 3.63) is 95.6 Å². The molecule has 0 bridgehead atoms. The second-order valence-electron chi connectivity index (χ2n) is 6.03. The Labute approximate surface area is 162 Å². The molecule has 0 unspecified atom stereocenters. The molecule has 28 heavy (non-hydrogen) atoms. The maximum absolute atomic E-state index is 13.0. The number of hydrogen-bond acceptors (Lipinski definition) is 4. The van der Waals surface area contributed by atoms with Gasteiger partial charge in [0.2, 0.25) is 0 Å². The fourth-order valence-corrected chi connectivity index (χ4v) is 2.51. The molecular formula is C22H19FN2O3. The van der Waals surface area contributed by atoms with E-state index in [1.54, 1.807) is 12.1 Å². The van der Waals surface area contributed by atoms with E-state index in [1.807, 2.05) is 30.3 Å². The highest BCUT2D eigenvalue weighted by Crippen LogP contribution is 2.31. The number of halogens is 1. The number of hydrogen-bond donors (Lipinski definition) is 2. The summed E-state index contributed by atoms with van der Waals surface area (Å²) >= 11 is 0. The van der Waals surface area contributed by atoms with E-state index < -0.39 is 5.91 Å². The summed E-state index contributed by atoms with van der Waals surface area (Å²) in [7, 11) is 0. The third kappa shape index (κ3) is 4.73. The summed E-state index contributed by atoms with van der Waals surface area (Å²) in [6.07, 6.45) is 1.46. The number of aromatic hydroxyl groups is 1. The molecule has 0 atom stereocenters. The average Bonchev–Trinajstić information content (AvgIpc) is 2.73. The first-order valence-corrected chi connectivity index (χ1v) is 8.62. The first-order valence-electron chi connectivity index (χ1n) is 8.62. The van der Waals surface area contributed by atoms with Crippen LogP contribution in [0.1, 0.15) is 27.3 Å². The van der Waals surface area contributed by atoms with Crippen LogP contribution in [0.2, 0.25) is 0 Å². The van der Waals surface area contributed by atoms with E-state index in [1.165, 1.54) is 24.3 Å². The van der Waals surface area contributed by atoms with Gasteiger partial charge in [0.25, 0.3) is 5.91 Å². The zero-order chi connectivity index (χ0) is 19.9. The van der Waals surface area contributed by atoms with Gasteiger partial charge in [-0.15, -0.1) is 0 Å². The molecule has 0 saturated heterocycles. The van der Waals surface area contributed by atoms with Gasteiger partial charge in [-0.05, 0) is 29.3 Å². The van der Waals surface area contributed by atoms with Crippen LogP contribution in [0.5, 0.6) is 11.5 Å². The highest BCUT2D eigenvalue weighted by atomic mass is 19.1. The van der Waals surface area contributed by atoms with Crippen LogP contribution >= 0.6 is 0 Å². The Morgan fingerprint density at radius 1 is 1.14 bits per heavy atom. The summed E-state index contributed by atoms with van der Waals surface area (Å²) in [4.78, 5) is 16.6. The summed E-state index contributed by atoms with van der Waals surface area (Å²) in [6.45, 7) is 4.05. The molecule has 1 aromatic heterocycles. The van der Waals surface area contributed by atoms with E-state index in [9.17, 15) is 14.3 Å². The van der Waals surface area contributed by atoms with Crippen LogP contribution in [0.15, 0.2) is 67.2 Å². The zero-order valence-corrected chi connectivity index (χ0v) is 15.1. The van der Waals surface area contributed by atoms with Crippen LogP contribution in [0, 0.1) is 5.82 Å². The highest BCUT2D eigenvalue weighted by molar-refractivity contribution is 5.95. The second-order valence-corrected chi connectivity index (χ2v) is 6.03. The molecule has 5 nitrogen and oxygen atoms in total. The summed E-state index contributed by atoms with van der Waals surface area (Å²) in [5.74, 6) is -1.14. The van der Waals surface area contributed by atoms with Crippen LogP contribution in [0.25, 0.3) is 6.08 Å². The number of ether oxygens (including phenoxy) is 1. The maximum atomic E-state index is 13.0. The van der Waals surface area contributed by atoms with Gasteiger partial charge in [0.05, 0.1) is 5.69 Å². The van der Waals surface area contributed by atoms with Crippen molar-refractivity contribution >= 4 is 12.0 Å². The van der Waals surface area contributed by atoms with Crippen LogP contribution in [-0.4, -0.2) is 16.0 Å². The largest absolute Gasteiger partial charge is 0.503 e. The SMILES string of the molecule is C=Cc1cc(OCc2ccccc2)c(O)c(C(=O)NCc2ccc(F)cc2)n1. The lowest BCUT2D eigenvalue weighted by atomic mass is 10.2. The number of aromatic nitrogens is 1. The average molecular weight is 378 g/mol. The van der Waals surface area contributed by atoms with Gasteiger partial charge in [0.15, 0.2) is 17.2 Å². The highest BCUT2D eigenvalue weighted by Gasteiger charge is 2.19. The smallest absolute Gasteiger partial charge is 0.274 e. The number of benzene rings is 2. The summed E-state index contributed by atoms with van der Waals surface area (Å²) in [5, 5.41) is 13.1. The predicted molar refractivity (Wildman–Crippen MR) is 104 cm³/mol. The zero-order valence-electron chi connectivity index (χ0n) is 15.1. The molecule has 1 heterocycles. The summed E-state index contributed by atoms with van der Waals surface area (Å²) < 4.78 is 18.6. The first-order chi connectivity index (χ1) is 13.6. The number of amides is 1. The Bertz CT molecular complexity index is 973. The van der Waals surface area contributed by atoms with Crippen LogP contribution < -0.4 is 10.1 Å². The van der Waals surface area contributed by atoms with Crippen molar-refractivity contribution in [2.24, 2.45) is 0 Å². The minimum absolute atomic E-state index is 0.140. The minimum Gasteiger partial charge on any atom is -0.503 e. The molecule has 0 aliphatic carbocycles. The Kier molecular flexibility index (Phi) is 6.01. The van der Waals surface area contributed by atoms with E-state index in [4.69, 9.17) is 4.74 Å². The van der Waals surface area contributed by atoms with Crippen molar-refractivity contribution in [1.82, 2.24) is 10.3 Å². The molecule has 3 aromatic rings. The van der Waals surface area contributed by atoms with Gasteiger partial charge in [-0.2, -0.15) is 0 Å². The molecular weight excluding hydrogens is 359 g/mol. The third-order valence-electron chi connectivity index (χ3n) is 4.01. The number of pyridine rings is 1. The standard InChI is InChI=1S/C22H19FN2O3/c1-2-18-12-19(28-14-16-6-4-3-5-7-16)21(26)20(25-18)22(27)24-13-15-8-10-17(23)11-9-15/h2-12,26H,1,13-14H2,(H,24,27). The van der Waals surface area contributed by atoms with Crippen molar-refractivity contribution in [3.8, 4) is 11.5 Å². The quantitative estimate of drug-likeness (QED) is 0.650. The Morgan fingerprint density at radius 2 is 1.86 bits per heavy atom. The van der Waals surface area contributed by atoms with Gasteiger partial charge in [-0.25, -0.2) is 9.37 Å². The molecule has 6 heteroatoms. The van der Waals surface area contributed by atoms with Gasteiger partial charge in [0, 0.05) is 12.6 Å². The molecule has 2 N–H and O–H groups in total. The van der Waals surface area contributed by atoms with Crippen LogP contribution in [-0.2, 0) is 13.2 Å². The van der Waals surface area contributed by atoms with E-state index >= 15 is 0 Å². The lowest BCUT2D eigenvalue weighted by molar-refractivity contribution is 0.0941. The van der Waals surface area contributed by atoms with Crippen LogP contribution in [0.4, 0.5) is 4.39 Å². The Morgan fingerprint density at radius 3 is 2.54 bits per heavy atom. The number of nitrogens with one attached hydrogen (secondary N) is 1. The normalized spacial score (nSPS) is 10.3. The summed E-state index contributed by atoms with van der Waals surface area (Å²) in [6, 6.07) is 16.7. The van der Waals surface area contributed by atoms with E-state index in [-0.39, 0.29) is 36.2 Å². The lowest BCUT2D eigenvalue weighted by Gasteiger charge is -2.12. The van der Waals surface area contributed by atoms with Gasteiger partial charge < -0.3 is 15.2 Å². The summed E-state index contributed by atoms with van der Waals surface area (Å²) in [5.41, 5.74) is 1.87. The van der Waals surface area contributed by atoms with E-state index in [0.29, 0.717) is 5.69 Å². The molecule has 0 radical (unpaired) electrons. The topological polar surface area (TPSA) is 71.5 Å². The number of nitrogens with zero attached hydrogens (tertiary/aromatic N) is 1. The Balaban J connectivity index is 1.76. The monoisotopic (exact) mass is 378 g/mol. The van der Waals surface area contributed by atoms with Crippen molar-refractivity contribution in [1.29, 1.82) is 0 Å². The third-order valence-corrected chi connectivity index (χ3v) is 4.01. The molecule has 0 aliphatic heterocycles. The number of carbonyl (C=O) groups excluding carboxylic acids is 1. The first kappa shape index (κ1) is 19.1. The van der Waals surface area contributed by atoms with Gasteiger partial charge in [-0.1, -0.05) is 49.0 Å². The van der Waals surface area contributed by atoms with Crippen LogP contribution in [0.3, 0.4) is 0 Å². The van der Waals surface area contributed by atoms with Crippen molar-refractivity contribution in [3.63, 3.8) is 0 Å². The van der Waals surface area contributed by atoms with Crippen molar-refractivity contribution < 1.29 is 19.0 Å². The molecule has 142 valence electrons. The van der Waals surface area contributed by atoms with Gasteiger partial charge >= 0.3 is 0 Å². The fraction of sp³-hybridized carbons (Fsp3) is 0.0909. The molecule has 0 saturated carbocycles. The molecule has 0 fully saturated rings. The van der Waals surface area contributed by atoms with Gasteiger partial charge in [0.1, 0.15) is 12.4 Å². The molecule has 1 amide bonds. The van der Waals surface area contributed by atoms with Gasteiger partial charge in [-0.3, -0.25) is 4.79 Å². The van der Waals surface area contributed by atoms with Crippen molar-refractivity contribution in [2.75, 3.05) is 0 Å². The molecule has 3 rings (SSSR count). The minimum atomic E-state index is -0.574. The molecule has 0 aliphatic rings. The molecule has 0 spiro atoms. The number of carbonyl (C=O) groups is 1. The van der Waals surface area contributed by atoms with E-state index in [0.717, 1.165) is 11.1 Å².